The topological polar surface area (TPSA) is 79.5 Å². The minimum atomic E-state index is -3.13. The van der Waals surface area contributed by atoms with Gasteiger partial charge in [0.05, 0.1) is 6.26 Å². The van der Waals surface area contributed by atoms with Gasteiger partial charge in [-0.1, -0.05) is 19.0 Å². The molecule has 1 aromatic rings. The van der Waals surface area contributed by atoms with Crippen LogP contribution in [0.2, 0.25) is 0 Å². The van der Waals surface area contributed by atoms with Crippen molar-refractivity contribution in [1.29, 1.82) is 0 Å². The van der Waals surface area contributed by atoms with Crippen molar-refractivity contribution in [2.24, 2.45) is 5.92 Å². The average molecular weight is 316 g/mol. The van der Waals surface area contributed by atoms with Gasteiger partial charge in [0.25, 0.3) is 0 Å². The molecule has 0 aromatic carbocycles. The van der Waals surface area contributed by atoms with Gasteiger partial charge in [0.15, 0.2) is 5.82 Å². The van der Waals surface area contributed by atoms with Crippen molar-refractivity contribution in [2.45, 2.75) is 32.6 Å². The first-order chi connectivity index (χ1) is 9.77. The fraction of sp³-hybridized carbons (Fsp3) is 0.846. The summed E-state index contributed by atoms with van der Waals surface area (Å²) in [6, 6.07) is 0.547. The third-order valence-electron chi connectivity index (χ3n) is 3.82. The zero-order valence-corrected chi connectivity index (χ0v) is 13.9. The molecule has 120 valence electrons. The van der Waals surface area contributed by atoms with Crippen molar-refractivity contribution in [3.8, 4) is 0 Å². The van der Waals surface area contributed by atoms with Crippen LogP contribution in [0.3, 0.4) is 0 Å². The molecule has 1 fully saturated rings. The van der Waals surface area contributed by atoms with Crippen LogP contribution in [-0.2, 0) is 10.0 Å². The molecule has 7 nitrogen and oxygen atoms in total. The summed E-state index contributed by atoms with van der Waals surface area (Å²) in [5.41, 5.74) is 0. The molecule has 1 unspecified atom stereocenters. The third-order valence-corrected chi connectivity index (χ3v) is 5.10. The lowest BCUT2D eigenvalue weighted by Gasteiger charge is -2.32. The number of nitrogens with zero attached hydrogens (tertiary/aromatic N) is 4. The first kappa shape index (κ1) is 16.2. The Morgan fingerprint density at radius 2 is 2.19 bits per heavy atom. The molecule has 0 radical (unpaired) electrons. The highest BCUT2D eigenvalue weighted by molar-refractivity contribution is 7.88. The van der Waals surface area contributed by atoms with Crippen LogP contribution >= 0.6 is 0 Å². The van der Waals surface area contributed by atoms with Crippen molar-refractivity contribution in [1.82, 2.24) is 14.4 Å². The maximum atomic E-state index is 11.5. The summed E-state index contributed by atoms with van der Waals surface area (Å²) in [6.45, 7) is 6.20. The van der Waals surface area contributed by atoms with Gasteiger partial charge in [0.2, 0.25) is 10.0 Å². The van der Waals surface area contributed by atoms with E-state index in [0.29, 0.717) is 18.4 Å². The van der Waals surface area contributed by atoms with Crippen LogP contribution in [0.5, 0.6) is 0 Å². The number of rotatable bonds is 5. The maximum Gasteiger partial charge on any atom is 0.324 e. The fourth-order valence-corrected chi connectivity index (χ4v) is 2.96. The quantitative estimate of drug-likeness (QED) is 0.814. The van der Waals surface area contributed by atoms with E-state index in [-0.39, 0.29) is 11.8 Å². The molecule has 1 aliphatic heterocycles. The summed E-state index contributed by atoms with van der Waals surface area (Å²) in [5.74, 6) is 1.23. The van der Waals surface area contributed by atoms with Crippen molar-refractivity contribution in [3.63, 3.8) is 0 Å². The SMILES string of the molecule is CC(C)c1noc(N2CCCC(CN(C)S(C)(=O)=O)C2)n1. The predicted molar refractivity (Wildman–Crippen MR) is 80.8 cm³/mol. The Balaban J connectivity index is 2.00. The fourth-order valence-electron chi connectivity index (χ4n) is 2.48. The smallest absolute Gasteiger partial charge is 0.324 e. The highest BCUT2D eigenvalue weighted by Gasteiger charge is 2.26. The molecule has 0 aliphatic carbocycles. The molecule has 0 bridgehead atoms. The Labute approximate surface area is 126 Å². The van der Waals surface area contributed by atoms with E-state index in [9.17, 15) is 8.42 Å². The molecular formula is C13H24N4O3S. The molecular weight excluding hydrogens is 292 g/mol. The second-order valence-electron chi connectivity index (χ2n) is 6.09. The van der Waals surface area contributed by atoms with E-state index in [2.05, 4.69) is 15.0 Å². The number of piperidine rings is 1. The molecule has 0 amide bonds. The first-order valence-electron chi connectivity index (χ1n) is 7.27. The van der Waals surface area contributed by atoms with Gasteiger partial charge in [0, 0.05) is 32.6 Å². The van der Waals surface area contributed by atoms with E-state index >= 15 is 0 Å². The summed E-state index contributed by atoms with van der Waals surface area (Å²) < 4.78 is 29.7. The molecule has 8 heteroatoms. The summed E-state index contributed by atoms with van der Waals surface area (Å²) >= 11 is 0. The van der Waals surface area contributed by atoms with E-state index in [0.717, 1.165) is 25.9 Å². The Hall–Kier alpha value is -1.15. The Kier molecular flexibility index (Phi) is 4.88. The summed E-state index contributed by atoms with van der Waals surface area (Å²) in [4.78, 5) is 6.47. The molecule has 2 rings (SSSR count). The van der Waals surface area contributed by atoms with Crippen LogP contribution in [0.25, 0.3) is 0 Å². The minimum Gasteiger partial charge on any atom is -0.324 e. The van der Waals surface area contributed by atoms with Crippen molar-refractivity contribution >= 4 is 16.0 Å². The highest BCUT2D eigenvalue weighted by atomic mass is 32.2. The standard InChI is InChI=1S/C13H24N4O3S/c1-10(2)12-14-13(20-15-12)17-7-5-6-11(9-17)8-16(3)21(4,18)19/h10-11H,5-9H2,1-4H3. The number of anilines is 1. The van der Waals surface area contributed by atoms with Crippen LogP contribution < -0.4 is 4.90 Å². The number of hydrogen-bond donors (Lipinski definition) is 0. The number of hydrogen-bond acceptors (Lipinski definition) is 6. The van der Waals surface area contributed by atoms with E-state index in [4.69, 9.17) is 4.52 Å². The lowest BCUT2D eigenvalue weighted by atomic mass is 9.98. The maximum absolute atomic E-state index is 11.5. The summed E-state index contributed by atoms with van der Waals surface area (Å²) in [5, 5.41) is 3.98. The first-order valence-corrected chi connectivity index (χ1v) is 9.12. The average Bonchev–Trinajstić information content (AvgIpc) is 2.87. The Morgan fingerprint density at radius 3 is 2.76 bits per heavy atom. The van der Waals surface area contributed by atoms with Gasteiger partial charge in [-0.2, -0.15) is 4.98 Å². The third kappa shape index (κ3) is 4.16. The summed E-state index contributed by atoms with van der Waals surface area (Å²) in [6.07, 6.45) is 3.25. The van der Waals surface area contributed by atoms with Crippen LogP contribution in [0.4, 0.5) is 6.01 Å². The zero-order chi connectivity index (χ0) is 15.6. The van der Waals surface area contributed by atoms with E-state index in [1.165, 1.54) is 10.6 Å². The number of aromatic nitrogens is 2. The molecule has 21 heavy (non-hydrogen) atoms. The van der Waals surface area contributed by atoms with Gasteiger partial charge < -0.3 is 9.42 Å². The molecule has 0 N–H and O–H groups in total. The normalized spacial score (nSPS) is 20.5. The van der Waals surface area contributed by atoms with Crippen LogP contribution in [-0.4, -0.2) is 55.8 Å². The van der Waals surface area contributed by atoms with Gasteiger partial charge in [-0.25, -0.2) is 12.7 Å². The van der Waals surface area contributed by atoms with E-state index in [1.54, 1.807) is 7.05 Å². The lowest BCUT2D eigenvalue weighted by Crippen LogP contribution is -2.41. The monoisotopic (exact) mass is 316 g/mol. The Bertz CT molecular complexity index is 570. The molecule has 0 saturated carbocycles. The Morgan fingerprint density at radius 1 is 1.48 bits per heavy atom. The molecule has 1 atom stereocenters. The summed E-state index contributed by atoms with van der Waals surface area (Å²) in [7, 11) is -1.51. The minimum absolute atomic E-state index is 0.236. The van der Waals surface area contributed by atoms with Crippen molar-refractivity contribution in [3.05, 3.63) is 5.82 Å². The lowest BCUT2D eigenvalue weighted by molar-refractivity contribution is 0.319. The molecule has 1 aromatic heterocycles. The van der Waals surface area contributed by atoms with E-state index < -0.39 is 10.0 Å². The van der Waals surface area contributed by atoms with Gasteiger partial charge in [-0.3, -0.25) is 0 Å². The molecule has 0 spiro atoms. The van der Waals surface area contributed by atoms with Crippen molar-refractivity contribution in [2.75, 3.05) is 37.8 Å². The molecule has 2 heterocycles. The molecule has 1 aliphatic rings. The zero-order valence-electron chi connectivity index (χ0n) is 13.1. The van der Waals surface area contributed by atoms with Crippen LogP contribution in [0.15, 0.2) is 4.52 Å². The predicted octanol–water partition coefficient (Wildman–Crippen LogP) is 1.30. The van der Waals surface area contributed by atoms with Gasteiger partial charge in [-0.15, -0.1) is 0 Å². The largest absolute Gasteiger partial charge is 0.324 e. The van der Waals surface area contributed by atoms with Gasteiger partial charge >= 0.3 is 6.01 Å². The van der Waals surface area contributed by atoms with E-state index in [1.807, 2.05) is 13.8 Å². The highest BCUT2D eigenvalue weighted by Crippen LogP contribution is 2.24. The molecule has 1 saturated heterocycles. The van der Waals surface area contributed by atoms with Gasteiger partial charge in [0.1, 0.15) is 0 Å². The van der Waals surface area contributed by atoms with Crippen LogP contribution in [0, 0.1) is 5.92 Å². The van der Waals surface area contributed by atoms with Crippen molar-refractivity contribution < 1.29 is 12.9 Å². The van der Waals surface area contributed by atoms with Gasteiger partial charge in [-0.05, 0) is 18.8 Å². The second-order valence-corrected chi connectivity index (χ2v) is 8.18. The van der Waals surface area contributed by atoms with Crippen LogP contribution in [0.1, 0.15) is 38.4 Å². The second kappa shape index (κ2) is 6.31. The number of sulfonamides is 1.